The Morgan fingerprint density at radius 3 is 2.24 bits per heavy atom. The van der Waals surface area contributed by atoms with Crippen LogP contribution in [-0.2, 0) is 0 Å². The lowest BCUT2D eigenvalue weighted by atomic mass is 9.82. The summed E-state index contributed by atoms with van der Waals surface area (Å²) in [7, 11) is 4.94. The van der Waals surface area contributed by atoms with E-state index in [1.54, 1.807) is 38.3 Å². The molecule has 1 aromatic carbocycles. The molecule has 2 rings (SSSR count). The molecule has 0 radical (unpaired) electrons. The van der Waals surface area contributed by atoms with Gasteiger partial charge in [-0.25, -0.2) is 0 Å². The van der Waals surface area contributed by atoms with Crippen LogP contribution in [0.4, 0.5) is 0 Å². The summed E-state index contributed by atoms with van der Waals surface area (Å²) >= 11 is 0. The first kappa shape index (κ1) is 15.6. The zero-order chi connectivity index (χ0) is 15.6. The first-order valence-electron chi connectivity index (χ1n) is 7.12. The third-order valence-corrected chi connectivity index (χ3v) is 4.09. The molecule has 1 fully saturated rings. The SMILES string of the molecule is COc1cc(C(=O)N(C)CC2CC(O)C2)cc(OC)c1C. The molecule has 0 unspecified atom stereocenters. The van der Waals surface area contributed by atoms with E-state index in [-0.39, 0.29) is 12.0 Å². The Hall–Kier alpha value is -1.75. The van der Waals surface area contributed by atoms with Gasteiger partial charge in [0.1, 0.15) is 11.5 Å². The smallest absolute Gasteiger partial charge is 0.253 e. The summed E-state index contributed by atoms with van der Waals surface area (Å²) in [5.41, 5.74) is 1.43. The highest BCUT2D eigenvalue weighted by molar-refractivity contribution is 5.95. The Bertz CT molecular complexity index is 498. The largest absolute Gasteiger partial charge is 0.496 e. The number of nitrogens with zero attached hydrogens (tertiary/aromatic N) is 1. The predicted molar refractivity (Wildman–Crippen MR) is 80.0 cm³/mol. The zero-order valence-electron chi connectivity index (χ0n) is 13.0. The van der Waals surface area contributed by atoms with Gasteiger partial charge in [0.25, 0.3) is 5.91 Å². The fourth-order valence-electron chi connectivity index (χ4n) is 2.75. The van der Waals surface area contributed by atoms with Gasteiger partial charge in [-0.2, -0.15) is 0 Å². The van der Waals surface area contributed by atoms with Crippen molar-refractivity contribution in [3.05, 3.63) is 23.3 Å². The highest BCUT2D eigenvalue weighted by atomic mass is 16.5. The van der Waals surface area contributed by atoms with E-state index in [4.69, 9.17) is 9.47 Å². The third-order valence-electron chi connectivity index (χ3n) is 4.09. The number of benzene rings is 1. The summed E-state index contributed by atoms with van der Waals surface area (Å²) < 4.78 is 10.6. The summed E-state index contributed by atoms with van der Waals surface area (Å²) in [6.07, 6.45) is 1.36. The van der Waals surface area contributed by atoms with Gasteiger partial charge in [-0.3, -0.25) is 4.79 Å². The molecule has 1 aromatic rings. The molecule has 1 N–H and O–H groups in total. The summed E-state index contributed by atoms with van der Waals surface area (Å²) in [5.74, 6) is 1.62. The normalized spacial score (nSPS) is 20.6. The predicted octanol–water partition coefficient (Wildman–Crippen LogP) is 1.86. The molecular weight excluding hydrogens is 270 g/mol. The molecule has 1 saturated carbocycles. The van der Waals surface area contributed by atoms with Gasteiger partial charge in [0, 0.05) is 24.7 Å². The summed E-state index contributed by atoms with van der Waals surface area (Å²) in [5, 5.41) is 9.32. The minimum absolute atomic E-state index is 0.0620. The molecule has 0 spiro atoms. The van der Waals surface area contributed by atoms with Gasteiger partial charge < -0.3 is 19.5 Å². The van der Waals surface area contributed by atoms with Crippen molar-refractivity contribution < 1.29 is 19.4 Å². The number of methoxy groups -OCH3 is 2. The van der Waals surface area contributed by atoms with E-state index in [0.717, 1.165) is 18.4 Å². The fraction of sp³-hybridized carbons (Fsp3) is 0.562. The van der Waals surface area contributed by atoms with Crippen molar-refractivity contribution in [1.29, 1.82) is 0 Å². The Balaban J connectivity index is 2.14. The van der Waals surface area contributed by atoms with Crippen LogP contribution >= 0.6 is 0 Å². The minimum atomic E-state index is -0.196. The Morgan fingerprint density at radius 2 is 1.81 bits per heavy atom. The van der Waals surface area contributed by atoms with Crippen LogP contribution in [-0.4, -0.2) is 49.8 Å². The van der Waals surface area contributed by atoms with Crippen LogP contribution in [0.25, 0.3) is 0 Å². The number of carbonyl (C=O) groups excluding carboxylic acids is 1. The van der Waals surface area contributed by atoms with Crippen LogP contribution in [0.2, 0.25) is 0 Å². The molecule has 21 heavy (non-hydrogen) atoms. The second kappa shape index (κ2) is 6.35. The monoisotopic (exact) mass is 293 g/mol. The molecule has 0 saturated heterocycles. The third kappa shape index (κ3) is 3.29. The number of amides is 1. The maximum atomic E-state index is 12.5. The van der Waals surface area contributed by atoms with Crippen LogP contribution in [0.15, 0.2) is 12.1 Å². The van der Waals surface area contributed by atoms with Crippen molar-refractivity contribution in [3.63, 3.8) is 0 Å². The fourth-order valence-corrected chi connectivity index (χ4v) is 2.75. The minimum Gasteiger partial charge on any atom is -0.496 e. The van der Waals surface area contributed by atoms with Crippen molar-refractivity contribution >= 4 is 5.91 Å². The molecule has 0 heterocycles. The van der Waals surface area contributed by atoms with Gasteiger partial charge in [0.15, 0.2) is 0 Å². The van der Waals surface area contributed by atoms with Crippen LogP contribution in [0.3, 0.4) is 0 Å². The van der Waals surface area contributed by atoms with Gasteiger partial charge in [-0.15, -0.1) is 0 Å². The maximum Gasteiger partial charge on any atom is 0.253 e. The van der Waals surface area contributed by atoms with E-state index in [2.05, 4.69) is 0 Å². The van der Waals surface area contributed by atoms with Gasteiger partial charge in [0.2, 0.25) is 0 Å². The summed E-state index contributed by atoms with van der Waals surface area (Å²) in [6, 6.07) is 3.48. The summed E-state index contributed by atoms with van der Waals surface area (Å²) in [4.78, 5) is 14.2. The van der Waals surface area contributed by atoms with Gasteiger partial charge in [0.05, 0.1) is 20.3 Å². The summed E-state index contributed by atoms with van der Waals surface area (Å²) in [6.45, 7) is 2.56. The first-order valence-corrected chi connectivity index (χ1v) is 7.12. The van der Waals surface area contributed by atoms with Crippen molar-refractivity contribution in [2.24, 2.45) is 5.92 Å². The molecule has 1 amide bonds. The van der Waals surface area contributed by atoms with E-state index >= 15 is 0 Å². The standard InChI is InChI=1S/C16H23NO4/c1-10-14(20-3)7-12(8-15(10)21-4)16(19)17(2)9-11-5-13(18)6-11/h7-8,11,13,18H,5-6,9H2,1-4H3. The maximum absolute atomic E-state index is 12.5. The van der Waals surface area contributed by atoms with E-state index < -0.39 is 0 Å². The van der Waals surface area contributed by atoms with E-state index in [1.165, 1.54) is 0 Å². The average molecular weight is 293 g/mol. The first-order chi connectivity index (χ1) is 9.96. The van der Waals surface area contributed by atoms with Crippen LogP contribution < -0.4 is 9.47 Å². The van der Waals surface area contributed by atoms with Crippen LogP contribution in [0.1, 0.15) is 28.8 Å². The number of ether oxygens (including phenoxy) is 2. The lowest BCUT2D eigenvalue weighted by molar-refractivity contribution is 0.0265. The van der Waals surface area contributed by atoms with E-state index in [1.807, 2.05) is 6.92 Å². The molecule has 1 aliphatic carbocycles. The molecule has 0 aliphatic heterocycles. The van der Waals surface area contributed by atoms with Gasteiger partial charge >= 0.3 is 0 Å². The van der Waals surface area contributed by atoms with Crippen molar-refractivity contribution in [2.75, 3.05) is 27.8 Å². The molecule has 116 valence electrons. The number of hydrogen-bond donors (Lipinski definition) is 1. The molecule has 0 atom stereocenters. The number of hydrogen-bond acceptors (Lipinski definition) is 4. The number of carbonyl (C=O) groups is 1. The Kier molecular flexibility index (Phi) is 4.73. The zero-order valence-corrected chi connectivity index (χ0v) is 13.0. The molecule has 0 bridgehead atoms. The molecule has 5 heteroatoms. The Labute approximate surface area is 125 Å². The number of aliphatic hydroxyl groups is 1. The highest BCUT2D eigenvalue weighted by Gasteiger charge is 2.29. The topological polar surface area (TPSA) is 59.0 Å². The molecule has 5 nitrogen and oxygen atoms in total. The lowest BCUT2D eigenvalue weighted by Gasteiger charge is -2.34. The molecule has 1 aliphatic rings. The highest BCUT2D eigenvalue weighted by Crippen LogP contribution is 2.31. The quantitative estimate of drug-likeness (QED) is 0.900. The van der Waals surface area contributed by atoms with E-state index in [9.17, 15) is 9.90 Å². The van der Waals surface area contributed by atoms with Gasteiger partial charge in [-0.05, 0) is 37.8 Å². The van der Waals surface area contributed by atoms with Crippen LogP contribution in [0.5, 0.6) is 11.5 Å². The Morgan fingerprint density at radius 1 is 1.29 bits per heavy atom. The second-order valence-corrected chi connectivity index (χ2v) is 5.68. The van der Waals surface area contributed by atoms with E-state index in [0.29, 0.717) is 29.5 Å². The van der Waals surface area contributed by atoms with Crippen molar-refractivity contribution in [1.82, 2.24) is 4.90 Å². The van der Waals surface area contributed by atoms with Crippen molar-refractivity contribution in [3.8, 4) is 11.5 Å². The van der Waals surface area contributed by atoms with Gasteiger partial charge in [-0.1, -0.05) is 0 Å². The van der Waals surface area contributed by atoms with Crippen molar-refractivity contribution in [2.45, 2.75) is 25.9 Å². The average Bonchev–Trinajstić information content (AvgIpc) is 2.45. The number of rotatable bonds is 5. The second-order valence-electron chi connectivity index (χ2n) is 5.68. The molecular formula is C16H23NO4. The van der Waals surface area contributed by atoms with Crippen LogP contribution in [0, 0.1) is 12.8 Å². The molecule has 0 aromatic heterocycles. The number of aliphatic hydroxyl groups excluding tert-OH is 1. The lowest BCUT2D eigenvalue weighted by Crippen LogP contribution is -2.39.